The number of para-hydroxylation sites is 3. The summed E-state index contributed by atoms with van der Waals surface area (Å²) in [4.78, 5) is 21.4. The fourth-order valence-corrected chi connectivity index (χ4v) is 2.71. The molecule has 0 unspecified atom stereocenters. The maximum atomic E-state index is 12.6. The monoisotopic (exact) mass is 305 g/mol. The minimum absolute atomic E-state index is 0.0995. The summed E-state index contributed by atoms with van der Waals surface area (Å²) in [6, 6.07) is 15.2. The predicted molar refractivity (Wildman–Crippen MR) is 89.8 cm³/mol. The standard InChI is InChI=1S/C17H15N5O/c1-12-20-14-7-3-2-6-13(14)17(23)22(12)19-11-21-10-18-15-8-4-5-9-16(15)21/h2-10,19H,11H2,1H3. The highest BCUT2D eigenvalue weighted by molar-refractivity contribution is 5.77. The molecular weight excluding hydrogens is 290 g/mol. The third kappa shape index (κ3) is 2.24. The lowest BCUT2D eigenvalue weighted by atomic mass is 10.2. The van der Waals surface area contributed by atoms with E-state index in [2.05, 4.69) is 15.4 Å². The van der Waals surface area contributed by atoms with Crippen LogP contribution < -0.4 is 11.0 Å². The topological polar surface area (TPSA) is 64.7 Å². The molecule has 0 amide bonds. The molecule has 0 atom stereocenters. The van der Waals surface area contributed by atoms with Gasteiger partial charge in [0.2, 0.25) is 0 Å². The van der Waals surface area contributed by atoms with Gasteiger partial charge in [0.15, 0.2) is 0 Å². The minimum Gasteiger partial charge on any atom is -0.311 e. The lowest BCUT2D eigenvalue weighted by Crippen LogP contribution is -2.32. The van der Waals surface area contributed by atoms with Crippen molar-refractivity contribution < 1.29 is 0 Å². The Morgan fingerprint density at radius 2 is 1.78 bits per heavy atom. The molecule has 2 aromatic heterocycles. The number of nitrogens with one attached hydrogen (secondary N) is 1. The average molecular weight is 305 g/mol. The number of fused-ring (bicyclic) bond motifs is 2. The SMILES string of the molecule is Cc1nc2ccccc2c(=O)n1NCn1cnc2ccccc21. The van der Waals surface area contributed by atoms with Crippen molar-refractivity contribution in [3.63, 3.8) is 0 Å². The molecule has 0 aliphatic carbocycles. The molecule has 0 saturated carbocycles. The minimum atomic E-state index is -0.0995. The van der Waals surface area contributed by atoms with Crippen LogP contribution in [0.15, 0.2) is 59.7 Å². The highest BCUT2D eigenvalue weighted by Crippen LogP contribution is 2.11. The van der Waals surface area contributed by atoms with Crippen molar-refractivity contribution in [1.82, 2.24) is 19.2 Å². The van der Waals surface area contributed by atoms with Gasteiger partial charge in [-0.3, -0.25) is 4.79 Å². The van der Waals surface area contributed by atoms with Gasteiger partial charge in [0.1, 0.15) is 12.5 Å². The van der Waals surface area contributed by atoms with Gasteiger partial charge in [-0.05, 0) is 31.2 Å². The van der Waals surface area contributed by atoms with Gasteiger partial charge in [-0.15, -0.1) is 0 Å². The zero-order chi connectivity index (χ0) is 15.8. The highest BCUT2D eigenvalue weighted by atomic mass is 16.1. The van der Waals surface area contributed by atoms with Crippen molar-refractivity contribution >= 4 is 21.9 Å². The third-order valence-corrected chi connectivity index (χ3v) is 3.87. The molecule has 0 fully saturated rings. The van der Waals surface area contributed by atoms with E-state index >= 15 is 0 Å². The van der Waals surface area contributed by atoms with E-state index in [1.807, 2.05) is 54.0 Å². The van der Waals surface area contributed by atoms with Crippen LogP contribution in [0.4, 0.5) is 0 Å². The molecule has 23 heavy (non-hydrogen) atoms. The Labute approximate surface area is 132 Å². The Bertz CT molecular complexity index is 1060. The molecule has 6 heteroatoms. The fourth-order valence-electron chi connectivity index (χ4n) is 2.71. The first kappa shape index (κ1) is 13.5. The van der Waals surface area contributed by atoms with Crippen LogP contribution >= 0.6 is 0 Å². The Kier molecular flexibility index (Phi) is 3.08. The number of nitrogens with zero attached hydrogens (tertiary/aromatic N) is 4. The molecule has 0 bridgehead atoms. The molecule has 0 radical (unpaired) electrons. The summed E-state index contributed by atoms with van der Waals surface area (Å²) in [6.45, 7) is 2.24. The van der Waals surface area contributed by atoms with E-state index in [0.29, 0.717) is 23.4 Å². The number of benzene rings is 2. The molecule has 4 aromatic rings. The average Bonchev–Trinajstić information content (AvgIpc) is 2.98. The molecular formula is C17H15N5O. The predicted octanol–water partition coefficient (Wildman–Crippen LogP) is 2.26. The summed E-state index contributed by atoms with van der Waals surface area (Å²) >= 11 is 0. The van der Waals surface area contributed by atoms with E-state index < -0.39 is 0 Å². The second-order valence-corrected chi connectivity index (χ2v) is 5.34. The van der Waals surface area contributed by atoms with Crippen molar-refractivity contribution in [2.45, 2.75) is 13.6 Å². The van der Waals surface area contributed by atoms with Gasteiger partial charge in [0, 0.05) is 0 Å². The fraction of sp³-hybridized carbons (Fsp3) is 0.118. The number of hydrogen-bond acceptors (Lipinski definition) is 4. The molecule has 4 rings (SSSR count). The number of rotatable bonds is 3. The summed E-state index contributed by atoms with van der Waals surface area (Å²) in [6.07, 6.45) is 1.76. The molecule has 0 aliphatic rings. The summed E-state index contributed by atoms with van der Waals surface area (Å²) in [5.41, 5.74) is 5.68. The first-order valence-electron chi connectivity index (χ1n) is 7.36. The molecule has 6 nitrogen and oxygen atoms in total. The van der Waals surface area contributed by atoms with Gasteiger partial charge in [-0.1, -0.05) is 24.3 Å². The van der Waals surface area contributed by atoms with Crippen LogP contribution in [0.2, 0.25) is 0 Å². The lowest BCUT2D eigenvalue weighted by Gasteiger charge is -2.14. The first-order valence-corrected chi connectivity index (χ1v) is 7.36. The van der Waals surface area contributed by atoms with E-state index in [9.17, 15) is 4.79 Å². The highest BCUT2D eigenvalue weighted by Gasteiger charge is 2.08. The van der Waals surface area contributed by atoms with Crippen molar-refractivity contribution in [3.05, 3.63) is 71.0 Å². The summed E-state index contributed by atoms with van der Waals surface area (Å²) in [5.74, 6) is 0.623. The quantitative estimate of drug-likeness (QED) is 0.630. The van der Waals surface area contributed by atoms with Gasteiger partial charge >= 0.3 is 0 Å². The van der Waals surface area contributed by atoms with Crippen LogP contribution in [-0.4, -0.2) is 19.2 Å². The zero-order valence-corrected chi connectivity index (χ0v) is 12.6. The van der Waals surface area contributed by atoms with E-state index in [1.54, 1.807) is 12.4 Å². The molecule has 0 saturated heterocycles. The second-order valence-electron chi connectivity index (χ2n) is 5.34. The zero-order valence-electron chi connectivity index (χ0n) is 12.6. The Morgan fingerprint density at radius 3 is 2.65 bits per heavy atom. The van der Waals surface area contributed by atoms with E-state index in [1.165, 1.54) is 4.68 Å². The lowest BCUT2D eigenvalue weighted by molar-refractivity contribution is 0.662. The van der Waals surface area contributed by atoms with Crippen LogP contribution in [-0.2, 0) is 6.67 Å². The number of aryl methyl sites for hydroxylation is 1. The molecule has 1 N–H and O–H groups in total. The smallest absolute Gasteiger partial charge is 0.280 e. The molecule has 2 heterocycles. The van der Waals surface area contributed by atoms with Crippen molar-refractivity contribution in [1.29, 1.82) is 0 Å². The largest absolute Gasteiger partial charge is 0.311 e. The van der Waals surface area contributed by atoms with Crippen molar-refractivity contribution in [3.8, 4) is 0 Å². The van der Waals surface area contributed by atoms with Crippen LogP contribution in [0.5, 0.6) is 0 Å². The normalized spacial score (nSPS) is 11.2. The van der Waals surface area contributed by atoms with Gasteiger partial charge in [0.05, 0.1) is 28.3 Å². The van der Waals surface area contributed by atoms with Crippen LogP contribution in [0.3, 0.4) is 0 Å². The molecule has 0 spiro atoms. The first-order chi connectivity index (χ1) is 11.2. The summed E-state index contributed by atoms with van der Waals surface area (Å²) in [7, 11) is 0. The van der Waals surface area contributed by atoms with E-state index in [-0.39, 0.29) is 5.56 Å². The summed E-state index contributed by atoms with van der Waals surface area (Å²) < 4.78 is 3.44. The van der Waals surface area contributed by atoms with Crippen LogP contribution in [0.1, 0.15) is 5.82 Å². The van der Waals surface area contributed by atoms with Crippen molar-refractivity contribution in [2.75, 3.05) is 5.43 Å². The summed E-state index contributed by atoms with van der Waals surface area (Å²) in [5, 5.41) is 0.598. The number of aromatic nitrogens is 4. The van der Waals surface area contributed by atoms with Crippen LogP contribution in [0.25, 0.3) is 21.9 Å². The molecule has 2 aromatic carbocycles. The third-order valence-electron chi connectivity index (χ3n) is 3.87. The van der Waals surface area contributed by atoms with E-state index in [0.717, 1.165) is 11.0 Å². The number of hydrogen-bond donors (Lipinski definition) is 1. The van der Waals surface area contributed by atoms with Gasteiger partial charge < -0.3 is 9.99 Å². The Morgan fingerprint density at radius 1 is 1.04 bits per heavy atom. The Balaban J connectivity index is 1.72. The molecule has 0 aliphatic heterocycles. The maximum absolute atomic E-state index is 12.6. The maximum Gasteiger partial charge on any atom is 0.280 e. The number of imidazole rings is 1. The van der Waals surface area contributed by atoms with E-state index in [4.69, 9.17) is 0 Å². The van der Waals surface area contributed by atoms with Crippen LogP contribution in [0, 0.1) is 6.92 Å². The van der Waals surface area contributed by atoms with Gasteiger partial charge in [0.25, 0.3) is 5.56 Å². The van der Waals surface area contributed by atoms with Gasteiger partial charge in [-0.2, -0.15) is 0 Å². The van der Waals surface area contributed by atoms with Crippen molar-refractivity contribution in [2.24, 2.45) is 0 Å². The molecule has 114 valence electrons. The Hall–Kier alpha value is -3.15. The van der Waals surface area contributed by atoms with Gasteiger partial charge in [-0.25, -0.2) is 14.6 Å². The second kappa shape index (κ2) is 5.24.